The Morgan fingerprint density at radius 1 is 0.800 bits per heavy atom. The lowest BCUT2D eigenvalue weighted by Crippen LogP contribution is -2.16. The molecule has 0 amide bonds. The van der Waals surface area contributed by atoms with Gasteiger partial charge in [-0.3, -0.25) is 4.79 Å². The first-order valence-corrected chi connectivity index (χ1v) is 7.92. The monoisotopic (exact) mass is 329 g/mol. The normalized spacial score (nSPS) is 13.1. The maximum Gasteiger partial charge on any atom is 0.273 e. The van der Waals surface area contributed by atoms with E-state index in [4.69, 9.17) is 4.74 Å². The summed E-state index contributed by atoms with van der Waals surface area (Å²) in [6, 6.07) is 22.4. The van der Waals surface area contributed by atoms with Crippen molar-refractivity contribution < 1.29 is 14.3 Å². The van der Waals surface area contributed by atoms with Gasteiger partial charge in [0.1, 0.15) is 5.56 Å². The Labute approximate surface area is 145 Å². The van der Waals surface area contributed by atoms with Gasteiger partial charge >= 0.3 is 0 Å². The molecule has 3 aromatic carbocycles. The summed E-state index contributed by atoms with van der Waals surface area (Å²) in [5.41, 5.74) is 3.48. The van der Waals surface area contributed by atoms with E-state index in [2.05, 4.69) is 0 Å². The smallest absolute Gasteiger partial charge is 0.273 e. The van der Waals surface area contributed by atoms with Crippen LogP contribution in [0, 0.1) is 5.21 Å². The third kappa shape index (κ3) is 2.39. The lowest BCUT2D eigenvalue weighted by atomic mass is 9.99. The van der Waals surface area contributed by atoms with Gasteiger partial charge in [0.15, 0.2) is 5.75 Å². The van der Waals surface area contributed by atoms with Crippen LogP contribution in [0.4, 0.5) is 5.69 Å². The second-order valence-electron chi connectivity index (χ2n) is 5.77. The van der Waals surface area contributed by atoms with Gasteiger partial charge in [0, 0.05) is 0 Å². The van der Waals surface area contributed by atoms with E-state index >= 15 is 0 Å². The minimum atomic E-state index is -0.281. The molecule has 1 aliphatic heterocycles. The minimum absolute atomic E-state index is 0.124. The Balaban J connectivity index is 1.78. The number of benzene rings is 3. The molecule has 0 bridgehead atoms. The van der Waals surface area contributed by atoms with Crippen molar-refractivity contribution in [3.8, 4) is 16.9 Å². The van der Waals surface area contributed by atoms with Crippen LogP contribution >= 0.6 is 0 Å². The van der Waals surface area contributed by atoms with Crippen LogP contribution in [0.15, 0.2) is 72.8 Å². The molecule has 0 saturated heterocycles. The van der Waals surface area contributed by atoms with Gasteiger partial charge in [-0.1, -0.05) is 48.5 Å². The first-order valence-electron chi connectivity index (χ1n) is 7.92. The number of hydrogen-bond donors (Lipinski definition) is 0. The topological polar surface area (TPSA) is 52.4 Å². The zero-order valence-corrected chi connectivity index (χ0v) is 13.6. The third-order valence-corrected chi connectivity index (χ3v) is 4.35. The van der Waals surface area contributed by atoms with Crippen LogP contribution in [0.25, 0.3) is 11.1 Å². The van der Waals surface area contributed by atoms with Crippen LogP contribution in [0.5, 0.6) is 5.75 Å². The van der Waals surface area contributed by atoms with Crippen LogP contribution < -0.4 is 4.74 Å². The fraction of sp³-hybridized carbons (Fsp3) is 0.0476. The van der Waals surface area contributed by atoms with Crippen molar-refractivity contribution in [1.29, 1.82) is 0 Å². The van der Waals surface area contributed by atoms with E-state index in [1.807, 2.05) is 42.5 Å². The molecule has 1 aliphatic rings. The predicted octanol–water partition coefficient (Wildman–Crippen LogP) is 4.19. The van der Waals surface area contributed by atoms with Crippen molar-refractivity contribution in [3.05, 3.63) is 89.1 Å². The molecule has 4 nitrogen and oxygen atoms in total. The van der Waals surface area contributed by atoms with E-state index < -0.39 is 0 Å². The average Bonchev–Trinajstić information content (AvgIpc) is 2.93. The first kappa shape index (κ1) is 15.1. The molecule has 0 aromatic heterocycles. The molecule has 0 unspecified atom stereocenters. The first-order chi connectivity index (χ1) is 12.2. The summed E-state index contributed by atoms with van der Waals surface area (Å²) in [5, 5.41) is 12.7. The second-order valence-corrected chi connectivity index (χ2v) is 5.77. The highest BCUT2D eigenvalue weighted by molar-refractivity contribution is 6.52. The van der Waals surface area contributed by atoms with Gasteiger partial charge in [0.25, 0.3) is 17.2 Å². The number of para-hydroxylation sites is 1. The van der Waals surface area contributed by atoms with Crippen LogP contribution in [0.3, 0.4) is 0 Å². The number of Topliss-reactive ketones (excluding diaryl/α,β-unsaturated/α-hetero) is 1. The molecule has 0 saturated carbocycles. The highest BCUT2D eigenvalue weighted by Crippen LogP contribution is 2.36. The zero-order chi connectivity index (χ0) is 17.4. The SMILES string of the molecule is COc1cccc2c1[N+]([O-])=C(c1ccc(-c3ccccc3)cc1)C2=O. The predicted molar refractivity (Wildman–Crippen MR) is 96.6 cm³/mol. The van der Waals surface area contributed by atoms with Crippen molar-refractivity contribution in [2.24, 2.45) is 0 Å². The van der Waals surface area contributed by atoms with E-state index in [-0.39, 0.29) is 17.2 Å². The summed E-state index contributed by atoms with van der Waals surface area (Å²) in [4.78, 5) is 12.7. The summed E-state index contributed by atoms with van der Waals surface area (Å²) in [6.07, 6.45) is 0. The fourth-order valence-electron chi connectivity index (χ4n) is 3.11. The Kier molecular flexibility index (Phi) is 3.58. The van der Waals surface area contributed by atoms with Crippen molar-refractivity contribution in [3.63, 3.8) is 0 Å². The van der Waals surface area contributed by atoms with Crippen LogP contribution in [0.1, 0.15) is 15.9 Å². The Morgan fingerprint density at radius 3 is 2.12 bits per heavy atom. The van der Waals surface area contributed by atoms with Crippen molar-refractivity contribution in [1.82, 2.24) is 0 Å². The van der Waals surface area contributed by atoms with Crippen molar-refractivity contribution >= 4 is 17.2 Å². The maximum atomic E-state index is 12.7. The zero-order valence-electron chi connectivity index (χ0n) is 13.6. The Morgan fingerprint density at radius 2 is 1.44 bits per heavy atom. The summed E-state index contributed by atoms with van der Waals surface area (Å²) >= 11 is 0. The number of methoxy groups -OCH3 is 1. The molecule has 0 radical (unpaired) electrons. The van der Waals surface area contributed by atoms with Gasteiger partial charge in [-0.25, -0.2) is 0 Å². The van der Waals surface area contributed by atoms with Crippen LogP contribution in [-0.4, -0.2) is 23.3 Å². The standard InChI is InChI=1S/C21H15NO3/c1-25-18-9-5-8-17-20(18)22(24)19(21(17)23)16-12-10-15(11-13-16)14-6-3-2-4-7-14/h2-13H,1H3. The Hall–Kier alpha value is -3.40. The van der Waals surface area contributed by atoms with Crippen LogP contribution in [-0.2, 0) is 0 Å². The second kappa shape index (κ2) is 5.91. The lowest BCUT2D eigenvalue weighted by molar-refractivity contribution is -0.356. The number of hydrogen-bond acceptors (Lipinski definition) is 3. The molecular weight excluding hydrogens is 314 g/mol. The molecule has 122 valence electrons. The molecule has 25 heavy (non-hydrogen) atoms. The Bertz CT molecular complexity index is 989. The molecule has 0 atom stereocenters. The van der Waals surface area contributed by atoms with E-state index in [1.54, 1.807) is 30.3 Å². The molecule has 0 fully saturated rings. The number of nitrogens with zero attached hydrogens (tertiary/aromatic N) is 1. The molecule has 3 aromatic rings. The third-order valence-electron chi connectivity index (χ3n) is 4.35. The summed E-state index contributed by atoms with van der Waals surface area (Å²) in [6.45, 7) is 0. The molecule has 0 N–H and O–H groups in total. The van der Waals surface area contributed by atoms with Crippen molar-refractivity contribution in [2.45, 2.75) is 0 Å². The number of fused-ring (bicyclic) bond motifs is 1. The van der Waals surface area contributed by atoms with E-state index in [9.17, 15) is 10.0 Å². The number of ether oxygens (including phenoxy) is 1. The number of ketones is 1. The van der Waals surface area contributed by atoms with Gasteiger partial charge in [-0.15, -0.1) is 0 Å². The highest BCUT2D eigenvalue weighted by Gasteiger charge is 2.38. The van der Waals surface area contributed by atoms with Gasteiger partial charge in [-0.05, 0) is 35.4 Å². The molecule has 0 spiro atoms. The lowest BCUT2D eigenvalue weighted by Gasteiger charge is -2.06. The maximum absolute atomic E-state index is 12.7. The minimum Gasteiger partial charge on any atom is -0.618 e. The molecule has 0 aliphatic carbocycles. The van der Waals surface area contributed by atoms with Gasteiger partial charge < -0.3 is 9.94 Å². The van der Waals surface area contributed by atoms with Gasteiger partial charge in [0.2, 0.25) is 0 Å². The average molecular weight is 329 g/mol. The summed E-state index contributed by atoms with van der Waals surface area (Å²) in [5.74, 6) is 0.119. The van der Waals surface area contributed by atoms with E-state index in [1.165, 1.54) is 7.11 Å². The largest absolute Gasteiger partial charge is 0.618 e. The fourth-order valence-corrected chi connectivity index (χ4v) is 3.11. The molecule has 4 heteroatoms. The molecular formula is C21H15NO3. The highest BCUT2D eigenvalue weighted by atomic mass is 16.5. The van der Waals surface area contributed by atoms with E-state index in [0.29, 0.717) is 21.6 Å². The number of carbonyl (C=O) groups is 1. The summed E-state index contributed by atoms with van der Waals surface area (Å²) < 4.78 is 5.90. The molecule has 4 rings (SSSR count). The summed E-state index contributed by atoms with van der Waals surface area (Å²) in [7, 11) is 1.49. The van der Waals surface area contributed by atoms with Crippen LogP contribution in [0.2, 0.25) is 0 Å². The van der Waals surface area contributed by atoms with E-state index in [0.717, 1.165) is 11.1 Å². The van der Waals surface area contributed by atoms with Crippen molar-refractivity contribution in [2.75, 3.05) is 7.11 Å². The van der Waals surface area contributed by atoms with Gasteiger partial charge in [-0.2, -0.15) is 4.74 Å². The number of carbonyl (C=O) groups excluding carboxylic acids is 1. The number of rotatable bonds is 3. The quantitative estimate of drug-likeness (QED) is 0.535. The molecule has 1 heterocycles. The van der Waals surface area contributed by atoms with Gasteiger partial charge in [0.05, 0.1) is 12.7 Å².